The minimum Gasteiger partial charge on any atom is -0.367 e. The molecule has 0 spiro atoms. The highest BCUT2D eigenvalue weighted by Gasteiger charge is 2.29. The van der Waals surface area contributed by atoms with Gasteiger partial charge in [-0.25, -0.2) is 12.8 Å². The van der Waals surface area contributed by atoms with E-state index in [1.165, 1.54) is 10.4 Å². The molecule has 3 aromatic rings. The van der Waals surface area contributed by atoms with E-state index in [0.717, 1.165) is 0 Å². The summed E-state index contributed by atoms with van der Waals surface area (Å²) in [5, 5.41) is 0. The van der Waals surface area contributed by atoms with E-state index >= 15 is 0 Å². The molecule has 7 heteroatoms. The lowest BCUT2D eigenvalue weighted by Crippen LogP contribution is -2.48. The molecule has 0 radical (unpaired) electrons. The van der Waals surface area contributed by atoms with Crippen LogP contribution in [0.15, 0.2) is 83.8 Å². The number of halogens is 1. The molecule has 5 nitrogen and oxygen atoms in total. The number of rotatable bonds is 5. The summed E-state index contributed by atoms with van der Waals surface area (Å²) in [6.45, 7) is 1.27. The first-order valence-electron chi connectivity index (χ1n) is 9.66. The fourth-order valence-corrected chi connectivity index (χ4v) is 5.01. The van der Waals surface area contributed by atoms with Crippen LogP contribution >= 0.6 is 0 Å². The highest BCUT2D eigenvalue weighted by Crippen LogP contribution is 2.25. The van der Waals surface area contributed by atoms with Crippen LogP contribution in [0.5, 0.6) is 0 Å². The fraction of sp³-hybridized carbons (Fsp3) is 0.174. The van der Waals surface area contributed by atoms with Gasteiger partial charge in [0.2, 0.25) is 10.0 Å². The number of sulfonamides is 1. The van der Waals surface area contributed by atoms with E-state index in [4.69, 9.17) is 0 Å². The molecular weight excluding hydrogens is 403 g/mol. The number of anilines is 1. The molecule has 1 heterocycles. The van der Waals surface area contributed by atoms with Crippen LogP contribution in [0.3, 0.4) is 0 Å². The predicted molar refractivity (Wildman–Crippen MR) is 114 cm³/mol. The lowest BCUT2D eigenvalue weighted by Gasteiger charge is -2.35. The van der Waals surface area contributed by atoms with Gasteiger partial charge in [0.25, 0.3) is 0 Å². The molecule has 0 saturated carbocycles. The molecule has 0 aromatic heterocycles. The van der Waals surface area contributed by atoms with E-state index in [1.807, 2.05) is 11.0 Å². The molecule has 1 saturated heterocycles. The van der Waals surface area contributed by atoms with Crippen molar-refractivity contribution in [2.45, 2.75) is 4.90 Å². The maximum Gasteiger partial charge on any atom is 0.243 e. The molecule has 0 amide bonds. The fourth-order valence-electron chi connectivity index (χ4n) is 3.57. The lowest BCUT2D eigenvalue weighted by molar-refractivity contribution is 0.103. The second-order valence-corrected chi connectivity index (χ2v) is 9.00. The molecule has 0 atom stereocenters. The Balaban J connectivity index is 1.47. The standard InChI is InChI=1S/C23H21FN2O3S/c24-21-17-19(23(27)18-7-3-1-4-8-18)11-12-22(21)25-13-15-26(16-14-25)30(28,29)20-9-5-2-6-10-20/h1-12,17H,13-16H2. The van der Waals surface area contributed by atoms with Gasteiger partial charge in [0, 0.05) is 37.3 Å². The van der Waals surface area contributed by atoms with E-state index in [-0.39, 0.29) is 29.3 Å². The van der Waals surface area contributed by atoms with Crippen molar-refractivity contribution >= 4 is 21.5 Å². The molecule has 0 N–H and O–H groups in total. The van der Waals surface area contributed by atoms with Gasteiger partial charge in [-0.1, -0.05) is 48.5 Å². The topological polar surface area (TPSA) is 57.7 Å². The highest BCUT2D eigenvalue weighted by atomic mass is 32.2. The molecule has 3 aromatic carbocycles. The van der Waals surface area contributed by atoms with Crippen LogP contribution in [0.4, 0.5) is 10.1 Å². The number of piperazine rings is 1. The minimum atomic E-state index is -3.56. The number of hydrogen-bond acceptors (Lipinski definition) is 4. The number of hydrogen-bond donors (Lipinski definition) is 0. The zero-order valence-corrected chi connectivity index (χ0v) is 17.1. The molecule has 30 heavy (non-hydrogen) atoms. The molecule has 154 valence electrons. The number of nitrogens with zero attached hydrogens (tertiary/aromatic N) is 2. The second kappa shape index (κ2) is 8.38. The van der Waals surface area contributed by atoms with Crippen LogP contribution in [-0.4, -0.2) is 44.7 Å². The van der Waals surface area contributed by atoms with Gasteiger partial charge in [-0.3, -0.25) is 4.79 Å². The zero-order chi connectivity index (χ0) is 21.1. The number of benzene rings is 3. The summed E-state index contributed by atoms with van der Waals surface area (Å²) in [6, 6.07) is 21.5. The van der Waals surface area contributed by atoms with E-state index in [1.54, 1.807) is 66.7 Å². The first-order valence-corrected chi connectivity index (χ1v) is 11.1. The number of carbonyl (C=O) groups is 1. The Kier molecular flexibility index (Phi) is 5.65. The van der Waals surface area contributed by atoms with Crippen molar-refractivity contribution in [3.8, 4) is 0 Å². The molecule has 4 rings (SSSR count). The third-order valence-electron chi connectivity index (χ3n) is 5.21. The Bertz CT molecular complexity index is 1140. The summed E-state index contributed by atoms with van der Waals surface area (Å²) < 4.78 is 41.7. The van der Waals surface area contributed by atoms with E-state index < -0.39 is 15.8 Å². The lowest BCUT2D eigenvalue weighted by atomic mass is 10.0. The molecule has 0 bridgehead atoms. The maximum atomic E-state index is 14.8. The Morgan fingerprint density at radius 1 is 0.767 bits per heavy atom. The smallest absolute Gasteiger partial charge is 0.243 e. The van der Waals surface area contributed by atoms with E-state index in [9.17, 15) is 17.6 Å². The van der Waals surface area contributed by atoms with Crippen molar-refractivity contribution in [2.75, 3.05) is 31.1 Å². The minimum absolute atomic E-state index is 0.236. The first kappa shape index (κ1) is 20.3. The average Bonchev–Trinajstić information content (AvgIpc) is 2.80. The Labute approximate surface area is 175 Å². The van der Waals surface area contributed by atoms with Crippen LogP contribution < -0.4 is 4.90 Å². The summed E-state index contributed by atoms with van der Waals surface area (Å²) in [5.74, 6) is -0.726. The Hall–Kier alpha value is -3.03. The monoisotopic (exact) mass is 424 g/mol. The van der Waals surface area contributed by atoms with Crippen LogP contribution in [0, 0.1) is 5.82 Å². The van der Waals surface area contributed by atoms with Gasteiger partial charge in [0.05, 0.1) is 10.6 Å². The molecule has 1 aliphatic rings. The summed E-state index contributed by atoms with van der Waals surface area (Å²) in [4.78, 5) is 14.6. The average molecular weight is 424 g/mol. The summed E-state index contributed by atoms with van der Waals surface area (Å²) in [5.41, 5.74) is 1.16. The molecule has 1 aliphatic heterocycles. The quantitative estimate of drug-likeness (QED) is 0.588. The van der Waals surface area contributed by atoms with Crippen LogP contribution in [-0.2, 0) is 10.0 Å². The third-order valence-corrected chi connectivity index (χ3v) is 7.12. The van der Waals surface area contributed by atoms with Crippen molar-refractivity contribution in [3.63, 3.8) is 0 Å². The van der Waals surface area contributed by atoms with Gasteiger partial charge in [-0.2, -0.15) is 4.31 Å². The number of carbonyl (C=O) groups excluding carboxylic acids is 1. The maximum absolute atomic E-state index is 14.8. The molecule has 1 fully saturated rings. The largest absolute Gasteiger partial charge is 0.367 e. The SMILES string of the molecule is O=C(c1ccccc1)c1ccc(N2CCN(S(=O)(=O)c3ccccc3)CC2)c(F)c1. The summed E-state index contributed by atoms with van der Waals surface area (Å²) >= 11 is 0. The predicted octanol–water partition coefficient (Wildman–Crippen LogP) is 3.57. The third kappa shape index (κ3) is 3.99. The number of ketones is 1. The summed E-state index contributed by atoms with van der Waals surface area (Å²) in [6.07, 6.45) is 0. The van der Waals surface area contributed by atoms with Crippen LogP contribution in [0.1, 0.15) is 15.9 Å². The van der Waals surface area contributed by atoms with Crippen molar-refractivity contribution < 1.29 is 17.6 Å². The van der Waals surface area contributed by atoms with Crippen molar-refractivity contribution in [1.82, 2.24) is 4.31 Å². The zero-order valence-electron chi connectivity index (χ0n) is 16.2. The van der Waals surface area contributed by atoms with E-state index in [2.05, 4.69) is 0 Å². The normalized spacial score (nSPS) is 15.2. The van der Waals surface area contributed by atoms with Crippen LogP contribution in [0.2, 0.25) is 0 Å². The van der Waals surface area contributed by atoms with Gasteiger partial charge < -0.3 is 4.90 Å². The second-order valence-electron chi connectivity index (χ2n) is 7.07. The van der Waals surface area contributed by atoms with Crippen molar-refractivity contribution in [3.05, 3.63) is 95.8 Å². The van der Waals surface area contributed by atoms with Crippen LogP contribution in [0.25, 0.3) is 0 Å². The van der Waals surface area contributed by atoms with Gasteiger partial charge in [0.1, 0.15) is 5.82 Å². The van der Waals surface area contributed by atoms with Crippen molar-refractivity contribution in [1.29, 1.82) is 0 Å². The molecular formula is C23H21FN2O3S. The van der Waals surface area contributed by atoms with Gasteiger partial charge >= 0.3 is 0 Å². The molecule has 0 aliphatic carbocycles. The summed E-state index contributed by atoms with van der Waals surface area (Å²) in [7, 11) is -3.56. The highest BCUT2D eigenvalue weighted by molar-refractivity contribution is 7.89. The Morgan fingerprint density at radius 2 is 1.37 bits per heavy atom. The Morgan fingerprint density at radius 3 is 1.97 bits per heavy atom. The van der Waals surface area contributed by atoms with Gasteiger partial charge in [0.15, 0.2) is 5.78 Å². The molecule has 0 unspecified atom stereocenters. The van der Waals surface area contributed by atoms with Gasteiger partial charge in [-0.15, -0.1) is 0 Å². The van der Waals surface area contributed by atoms with E-state index in [0.29, 0.717) is 24.3 Å². The van der Waals surface area contributed by atoms with Gasteiger partial charge in [-0.05, 0) is 30.3 Å². The van der Waals surface area contributed by atoms with Crippen molar-refractivity contribution in [2.24, 2.45) is 0 Å². The first-order chi connectivity index (χ1) is 14.5.